The lowest BCUT2D eigenvalue weighted by Gasteiger charge is -2.14. The minimum absolute atomic E-state index is 0.129. The average Bonchev–Trinajstić information content (AvgIpc) is 2.64. The highest BCUT2D eigenvalue weighted by Crippen LogP contribution is 2.38. The summed E-state index contributed by atoms with van der Waals surface area (Å²) in [6.07, 6.45) is 0. The molecule has 0 saturated heterocycles. The first-order chi connectivity index (χ1) is 11.7. The summed E-state index contributed by atoms with van der Waals surface area (Å²) < 4.78 is 26.3. The van der Waals surface area contributed by atoms with Gasteiger partial charge in [-0.25, -0.2) is 4.79 Å². The number of methoxy groups -OCH3 is 3. The third-order valence-electron chi connectivity index (χ3n) is 3.23. The molecule has 2 rings (SSSR count). The molecular weight excluding hydrogens is 312 g/mol. The van der Waals surface area contributed by atoms with Crippen LogP contribution in [0.1, 0.15) is 10.4 Å². The molecule has 0 unspecified atom stereocenters. The van der Waals surface area contributed by atoms with Crippen molar-refractivity contribution < 1.29 is 28.5 Å². The van der Waals surface area contributed by atoms with E-state index in [-0.39, 0.29) is 13.2 Å². The van der Waals surface area contributed by atoms with Gasteiger partial charge in [0.15, 0.2) is 11.5 Å². The Balaban J connectivity index is 1.96. The second-order valence-electron chi connectivity index (χ2n) is 4.71. The van der Waals surface area contributed by atoms with Gasteiger partial charge in [-0.3, -0.25) is 0 Å². The van der Waals surface area contributed by atoms with Gasteiger partial charge in [-0.2, -0.15) is 0 Å². The molecule has 0 saturated carbocycles. The molecule has 0 aliphatic heterocycles. The Morgan fingerprint density at radius 1 is 0.875 bits per heavy atom. The number of ether oxygens (including phenoxy) is 5. The number of carbonyl (C=O) groups is 1. The fourth-order valence-electron chi connectivity index (χ4n) is 2.09. The number of rotatable bonds is 8. The highest BCUT2D eigenvalue weighted by molar-refractivity contribution is 5.91. The zero-order chi connectivity index (χ0) is 17.4. The van der Waals surface area contributed by atoms with Crippen LogP contribution in [-0.4, -0.2) is 40.5 Å². The second-order valence-corrected chi connectivity index (χ2v) is 4.71. The van der Waals surface area contributed by atoms with E-state index in [0.717, 1.165) is 5.75 Å². The lowest BCUT2D eigenvalue weighted by molar-refractivity contribution is 0.0449. The van der Waals surface area contributed by atoms with Gasteiger partial charge >= 0.3 is 5.97 Å². The number of benzene rings is 2. The molecule has 24 heavy (non-hydrogen) atoms. The van der Waals surface area contributed by atoms with Gasteiger partial charge < -0.3 is 23.7 Å². The van der Waals surface area contributed by atoms with Crippen molar-refractivity contribution in [2.24, 2.45) is 0 Å². The molecule has 0 aliphatic carbocycles. The van der Waals surface area contributed by atoms with Crippen LogP contribution in [0.2, 0.25) is 0 Å². The van der Waals surface area contributed by atoms with Gasteiger partial charge in [0.25, 0.3) is 0 Å². The fourth-order valence-corrected chi connectivity index (χ4v) is 2.09. The molecule has 128 valence electrons. The number of esters is 1. The predicted octanol–water partition coefficient (Wildman–Crippen LogP) is 2.95. The normalized spacial score (nSPS) is 9.96. The van der Waals surface area contributed by atoms with Crippen molar-refractivity contribution in [2.45, 2.75) is 0 Å². The zero-order valence-electron chi connectivity index (χ0n) is 13.9. The van der Waals surface area contributed by atoms with Crippen LogP contribution in [-0.2, 0) is 4.74 Å². The molecule has 0 fully saturated rings. The standard InChI is InChI=1S/C18H20O6/c1-20-15-11-13(12-16(21-2)17(15)22-3)18(19)24-10-9-23-14-7-5-4-6-8-14/h4-8,11-12H,9-10H2,1-3H3. The van der Waals surface area contributed by atoms with Crippen LogP contribution in [0.5, 0.6) is 23.0 Å². The molecule has 2 aromatic carbocycles. The van der Waals surface area contributed by atoms with Gasteiger partial charge in [0.05, 0.1) is 26.9 Å². The van der Waals surface area contributed by atoms with Crippen LogP contribution >= 0.6 is 0 Å². The Bertz CT molecular complexity index is 643. The first kappa shape index (κ1) is 17.5. The quantitative estimate of drug-likeness (QED) is 0.547. The first-order valence-corrected chi connectivity index (χ1v) is 7.34. The van der Waals surface area contributed by atoms with E-state index in [4.69, 9.17) is 23.7 Å². The van der Waals surface area contributed by atoms with Gasteiger partial charge in [0.1, 0.15) is 19.0 Å². The molecule has 0 radical (unpaired) electrons. The topological polar surface area (TPSA) is 63.2 Å². The van der Waals surface area contributed by atoms with Crippen molar-refractivity contribution >= 4 is 5.97 Å². The zero-order valence-corrected chi connectivity index (χ0v) is 13.9. The van der Waals surface area contributed by atoms with Crippen molar-refractivity contribution in [3.8, 4) is 23.0 Å². The molecule has 0 amide bonds. The van der Waals surface area contributed by atoms with E-state index >= 15 is 0 Å². The molecule has 0 aromatic heterocycles. The maximum atomic E-state index is 12.2. The maximum absolute atomic E-state index is 12.2. The van der Waals surface area contributed by atoms with Gasteiger partial charge in [-0.05, 0) is 24.3 Å². The summed E-state index contributed by atoms with van der Waals surface area (Å²) in [5.41, 5.74) is 0.309. The molecule has 6 nitrogen and oxygen atoms in total. The fraction of sp³-hybridized carbons (Fsp3) is 0.278. The maximum Gasteiger partial charge on any atom is 0.338 e. The van der Waals surface area contributed by atoms with Gasteiger partial charge in [0.2, 0.25) is 5.75 Å². The van der Waals surface area contributed by atoms with Crippen LogP contribution in [0.4, 0.5) is 0 Å². The van der Waals surface area contributed by atoms with E-state index in [1.165, 1.54) is 21.3 Å². The summed E-state index contributed by atoms with van der Waals surface area (Å²) in [5, 5.41) is 0. The molecule has 0 N–H and O–H groups in total. The summed E-state index contributed by atoms with van der Waals surface area (Å²) in [5.74, 6) is 1.44. The Morgan fingerprint density at radius 2 is 1.50 bits per heavy atom. The lowest BCUT2D eigenvalue weighted by atomic mass is 10.2. The van der Waals surface area contributed by atoms with E-state index in [0.29, 0.717) is 22.8 Å². The Kier molecular flexibility index (Phi) is 6.31. The van der Waals surface area contributed by atoms with Gasteiger partial charge in [-0.15, -0.1) is 0 Å². The molecule has 0 spiro atoms. The number of hydrogen-bond donors (Lipinski definition) is 0. The largest absolute Gasteiger partial charge is 0.493 e. The summed E-state index contributed by atoms with van der Waals surface area (Å²) >= 11 is 0. The summed E-state index contributed by atoms with van der Waals surface area (Å²) in [6, 6.07) is 12.4. The minimum Gasteiger partial charge on any atom is -0.493 e. The molecule has 0 bridgehead atoms. The molecule has 6 heteroatoms. The summed E-state index contributed by atoms with van der Waals surface area (Å²) in [6.45, 7) is 0.393. The molecule has 0 heterocycles. The van der Waals surface area contributed by atoms with Crippen LogP contribution in [0.15, 0.2) is 42.5 Å². The van der Waals surface area contributed by atoms with Crippen LogP contribution in [0.3, 0.4) is 0 Å². The Hall–Kier alpha value is -2.89. The van der Waals surface area contributed by atoms with Gasteiger partial charge in [-0.1, -0.05) is 18.2 Å². The first-order valence-electron chi connectivity index (χ1n) is 7.34. The van der Waals surface area contributed by atoms with Crippen molar-refractivity contribution in [3.63, 3.8) is 0 Å². The minimum atomic E-state index is -0.495. The van der Waals surface area contributed by atoms with Crippen molar-refractivity contribution in [2.75, 3.05) is 34.5 Å². The Morgan fingerprint density at radius 3 is 2.04 bits per heavy atom. The molecule has 0 aliphatic rings. The van der Waals surface area contributed by atoms with Crippen LogP contribution < -0.4 is 18.9 Å². The van der Waals surface area contributed by atoms with E-state index in [1.54, 1.807) is 12.1 Å². The second kappa shape index (κ2) is 8.67. The monoisotopic (exact) mass is 332 g/mol. The van der Waals surface area contributed by atoms with Crippen molar-refractivity contribution in [1.82, 2.24) is 0 Å². The third-order valence-corrected chi connectivity index (χ3v) is 3.23. The highest BCUT2D eigenvalue weighted by Gasteiger charge is 2.17. The van der Waals surface area contributed by atoms with Crippen molar-refractivity contribution in [1.29, 1.82) is 0 Å². The van der Waals surface area contributed by atoms with Crippen LogP contribution in [0, 0.1) is 0 Å². The predicted molar refractivity (Wildman–Crippen MR) is 88.3 cm³/mol. The van der Waals surface area contributed by atoms with E-state index in [1.807, 2.05) is 30.3 Å². The third kappa shape index (κ3) is 4.32. The Labute approximate surface area is 140 Å². The highest BCUT2D eigenvalue weighted by atomic mass is 16.6. The van der Waals surface area contributed by atoms with Gasteiger partial charge in [0, 0.05) is 0 Å². The molecule has 0 atom stereocenters. The average molecular weight is 332 g/mol. The number of carbonyl (C=O) groups excluding carboxylic acids is 1. The molecule has 2 aromatic rings. The molecular formula is C18H20O6. The van der Waals surface area contributed by atoms with E-state index < -0.39 is 5.97 Å². The lowest BCUT2D eigenvalue weighted by Crippen LogP contribution is -2.12. The van der Waals surface area contributed by atoms with E-state index in [2.05, 4.69) is 0 Å². The summed E-state index contributed by atoms with van der Waals surface area (Å²) in [4.78, 5) is 12.2. The van der Waals surface area contributed by atoms with E-state index in [9.17, 15) is 4.79 Å². The summed E-state index contributed by atoms with van der Waals surface area (Å²) in [7, 11) is 4.47. The number of para-hydroxylation sites is 1. The smallest absolute Gasteiger partial charge is 0.338 e. The van der Waals surface area contributed by atoms with Crippen molar-refractivity contribution in [3.05, 3.63) is 48.0 Å². The SMILES string of the molecule is COc1cc(C(=O)OCCOc2ccccc2)cc(OC)c1OC. The number of hydrogen-bond acceptors (Lipinski definition) is 6. The van der Waals surface area contributed by atoms with Crippen LogP contribution in [0.25, 0.3) is 0 Å².